The summed E-state index contributed by atoms with van der Waals surface area (Å²) in [5.74, 6) is -0.139. The minimum Gasteiger partial charge on any atom is -0.384 e. The lowest BCUT2D eigenvalue weighted by molar-refractivity contribution is 0.619. The van der Waals surface area contributed by atoms with Crippen molar-refractivity contribution in [2.24, 2.45) is 0 Å². The van der Waals surface area contributed by atoms with E-state index in [1.807, 2.05) is 18.2 Å². The molecule has 1 heterocycles. The molecule has 1 nitrogen and oxygen atoms in total. The van der Waals surface area contributed by atoms with Crippen LogP contribution in [0.3, 0.4) is 0 Å². The molecule has 2 heteroatoms. The molecule has 0 atom stereocenters. The van der Waals surface area contributed by atoms with E-state index in [4.69, 9.17) is 0 Å². The van der Waals surface area contributed by atoms with E-state index in [9.17, 15) is 4.39 Å². The maximum absolute atomic E-state index is 13.3. The van der Waals surface area contributed by atoms with Gasteiger partial charge in [-0.25, -0.2) is 4.39 Å². The molecule has 2 aromatic rings. The van der Waals surface area contributed by atoms with Crippen molar-refractivity contribution in [1.29, 1.82) is 0 Å². The first kappa shape index (κ1) is 10.3. The molecule has 1 aliphatic rings. The molecule has 0 fully saturated rings. The lowest BCUT2D eigenvalue weighted by atomic mass is 9.96. The summed E-state index contributed by atoms with van der Waals surface area (Å²) in [5, 5.41) is 3.36. The first-order valence-electron chi connectivity index (χ1n) is 5.88. The molecule has 0 saturated heterocycles. The highest BCUT2D eigenvalue weighted by Gasteiger charge is 2.15. The molecule has 0 saturated carbocycles. The summed E-state index contributed by atoms with van der Waals surface area (Å²) in [4.78, 5) is 0. The highest BCUT2D eigenvalue weighted by Crippen LogP contribution is 2.33. The zero-order valence-corrected chi connectivity index (χ0v) is 9.76. The summed E-state index contributed by atoms with van der Waals surface area (Å²) in [6.45, 7) is 2.80. The number of halogens is 1. The summed E-state index contributed by atoms with van der Waals surface area (Å²) >= 11 is 0. The van der Waals surface area contributed by atoms with Crippen LogP contribution >= 0.6 is 0 Å². The van der Waals surface area contributed by atoms with Crippen molar-refractivity contribution in [2.75, 3.05) is 11.9 Å². The van der Waals surface area contributed by atoms with Crippen LogP contribution in [0.1, 0.15) is 11.1 Å². The molecule has 0 unspecified atom stereocenters. The predicted octanol–water partition coefficient (Wildman–Crippen LogP) is 3.77. The van der Waals surface area contributed by atoms with E-state index in [0.717, 1.165) is 18.5 Å². The number of hydrogen-bond acceptors (Lipinski definition) is 1. The summed E-state index contributed by atoms with van der Waals surface area (Å²) in [5.41, 5.74) is 5.58. The number of hydrogen-bond donors (Lipinski definition) is 1. The molecule has 2 aromatic carbocycles. The molecule has 0 aromatic heterocycles. The van der Waals surface area contributed by atoms with Gasteiger partial charge < -0.3 is 5.32 Å². The number of rotatable bonds is 1. The summed E-state index contributed by atoms with van der Waals surface area (Å²) in [7, 11) is 0. The summed E-state index contributed by atoms with van der Waals surface area (Å²) < 4.78 is 13.3. The molecule has 1 aliphatic heterocycles. The minimum atomic E-state index is -0.139. The molecule has 86 valence electrons. The minimum absolute atomic E-state index is 0.139. The Hall–Kier alpha value is -1.83. The van der Waals surface area contributed by atoms with Gasteiger partial charge in [0.25, 0.3) is 0 Å². The van der Waals surface area contributed by atoms with Gasteiger partial charge in [-0.05, 0) is 53.8 Å². The topological polar surface area (TPSA) is 12.0 Å². The van der Waals surface area contributed by atoms with Crippen molar-refractivity contribution in [2.45, 2.75) is 13.3 Å². The SMILES string of the molecule is Cc1cc(-c2cccc3c2CCN3)ccc1F. The van der Waals surface area contributed by atoms with Crippen LogP contribution in [0, 0.1) is 12.7 Å². The zero-order chi connectivity index (χ0) is 11.8. The quantitative estimate of drug-likeness (QED) is 0.782. The molecule has 0 aliphatic carbocycles. The predicted molar refractivity (Wildman–Crippen MR) is 68.8 cm³/mol. The van der Waals surface area contributed by atoms with Gasteiger partial charge in [0.05, 0.1) is 0 Å². The molecule has 17 heavy (non-hydrogen) atoms. The highest BCUT2D eigenvalue weighted by molar-refractivity contribution is 5.76. The van der Waals surface area contributed by atoms with E-state index in [0.29, 0.717) is 5.56 Å². The first-order valence-corrected chi connectivity index (χ1v) is 5.88. The Balaban J connectivity index is 2.15. The maximum atomic E-state index is 13.3. The largest absolute Gasteiger partial charge is 0.384 e. The Kier molecular flexibility index (Phi) is 2.36. The third-order valence-electron chi connectivity index (χ3n) is 3.34. The van der Waals surface area contributed by atoms with Crippen molar-refractivity contribution in [1.82, 2.24) is 0 Å². The van der Waals surface area contributed by atoms with Gasteiger partial charge in [-0.2, -0.15) is 0 Å². The van der Waals surface area contributed by atoms with Crippen LogP contribution in [0.5, 0.6) is 0 Å². The molecule has 0 bridgehead atoms. The number of fused-ring (bicyclic) bond motifs is 1. The van der Waals surface area contributed by atoms with E-state index in [-0.39, 0.29) is 5.82 Å². The van der Waals surface area contributed by atoms with Crippen LogP contribution in [0.15, 0.2) is 36.4 Å². The maximum Gasteiger partial charge on any atom is 0.126 e. The summed E-state index contributed by atoms with van der Waals surface area (Å²) in [6, 6.07) is 11.6. The molecular formula is C15H14FN. The second kappa shape index (κ2) is 3.88. The van der Waals surface area contributed by atoms with E-state index in [2.05, 4.69) is 17.4 Å². The molecule has 3 rings (SSSR count). The molecule has 1 N–H and O–H groups in total. The zero-order valence-electron chi connectivity index (χ0n) is 9.76. The van der Waals surface area contributed by atoms with Crippen LogP contribution in [0.4, 0.5) is 10.1 Å². The van der Waals surface area contributed by atoms with E-state index in [1.54, 1.807) is 13.0 Å². The first-order chi connectivity index (χ1) is 8.25. The fourth-order valence-electron chi connectivity index (χ4n) is 2.43. The van der Waals surface area contributed by atoms with Gasteiger partial charge in [0.15, 0.2) is 0 Å². The van der Waals surface area contributed by atoms with E-state index >= 15 is 0 Å². The van der Waals surface area contributed by atoms with Crippen molar-refractivity contribution in [3.05, 3.63) is 53.3 Å². The Bertz CT molecular complexity index is 575. The number of nitrogens with one attached hydrogen (secondary N) is 1. The Labute approximate surface area is 100 Å². The third kappa shape index (κ3) is 1.70. The van der Waals surface area contributed by atoms with Crippen molar-refractivity contribution in [3.8, 4) is 11.1 Å². The second-order valence-corrected chi connectivity index (χ2v) is 4.47. The van der Waals surface area contributed by atoms with Crippen LogP contribution in [-0.4, -0.2) is 6.54 Å². The Morgan fingerprint density at radius 2 is 2.06 bits per heavy atom. The standard InChI is InChI=1S/C15H14FN/c1-10-9-11(5-6-14(10)16)12-3-2-4-15-13(12)7-8-17-15/h2-6,9,17H,7-8H2,1H3. The average Bonchev–Trinajstić information content (AvgIpc) is 2.80. The van der Waals surface area contributed by atoms with Crippen LogP contribution in [-0.2, 0) is 6.42 Å². The van der Waals surface area contributed by atoms with Gasteiger partial charge in [0.1, 0.15) is 5.82 Å². The van der Waals surface area contributed by atoms with Crippen molar-refractivity contribution >= 4 is 5.69 Å². The van der Waals surface area contributed by atoms with E-state index < -0.39 is 0 Å². The highest BCUT2D eigenvalue weighted by atomic mass is 19.1. The van der Waals surface area contributed by atoms with Gasteiger partial charge in [-0.3, -0.25) is 0 Å². The fourth-order valence-corrected chi connectivity index (χ4v) is 2.43. The smallest absolute Gasteiger partial charge is 0.126 e. The monoisotopic (exact) mass is 227 g/mol. The van der Waals surface area contributed by atoms with Crippen LogP contribution < -0.4 is 5.32 Å². The summed E-state index contributed by atoms with van der Waals surface area (Å²) in [6.07, 6.45) is 1.04. The molecular weight excluding hydrogens is 213 g/mol. The number of anilines is 1. The van der Waals surface area contributed by atoms with Gasteiger partial charge in [-0.1, -0.05) is 18.2 Å². The fraction of sp³-hybridized carbons (Fsp3) is 0.200. The molecule has 0 spiro atoms. The van der Waals surface area contributed by atoms with Gasteiger partial charge in [-0.15, -0.1) is 0 Å². The van der Waals surface area contributed by atoms with Gasteiger partial charge in [0, 0.05) is 12.2 Å². The third-order valence-corrected chi connectivity index (χ3v) is 3.34. The van der Waals surface area contributed by atoms with E-state index in [1.165, 1.54) is 16.8 Å². The van der Waals surface area contributed by atoms with Crippen LogP contribution in [0.25, 0.3) is 11.1 Å². The number of aryl methyl sites for hydroxylation is 1. The average molecular weight is 227 g/mol. The number of benzene rings is 2. The van der Waals surface area contributed by atoms with Crippen molar-refractivity contribution in [3.63, 3.8) is 0 Å². The van der Waals surface area contributed by atoms with Crippen molar-refractivity contribution < 1.29 is 4.39 Å². The normalized spacial score (nSPS) is 13.3. The Morgan fingerprint density at radius 1 is 1.18 bits per heavy atom. The van der Waals surface area contributed by atoms with Crippen LogP contribution in [0.2, 0.25) is 0 Å². The van der Waals surface area contributed by atoms with Gasteiger partial charge >= 0.3 is 0 Å². The lowest BCUT2D eigenvalue weighted by Gasteiger charge is -2.09. The molecule has 0 amide bonds. The Morgan fingerprint density at radius 3 is 2.88 bits per heavy atom. The molecule has 0 radical (unpaired) electrons. The van der Waals surface area contributed by atoms with Gasteiger partial charge in [0.2, 0.25) is 0 Å². The second-order valence-electron chi connectivity index (χ2n) is 4.47. The lowest BCUT2D eigenvalue weighted by Crippen LogP contribution is -1.90.